The van der Waals surface area contributed by atoms with Gasteiger partial charge in [0.2, 0.25) is 0 Å². The predicted octanol–water partition coefficient (Wildman–Crippen LogP) is 0.165. The second-order valence-electron chi connectivity index (χ2n) is 3.16. The first-order chi connectivity index (χ1) is 4.52. The Bertz CT molecular complexity index is 131. The van der Waals surface area contributed by atoms with Crippen molar-refractivity contribution in [3.05, 3.63) is 0 Å². The van der Waals surface area contributed by atoms with Gasteiger partial charge in [0, 0.05) is 32.7 Å². The zero-order chi connectivity index (χ0) is 8.20. The van der Waals surface area contributed by atoms with Crippen LogP contribution in [0.2, 0.25) is 0 Å². The normalized spacial score (nSPS) is 12.6. The Morgan fingerprint density at radius 1 is 1.27 bits per heavy atom. The molecule has 1 atom stereocenters. The summed E-state index contributed by atoms with van der Waals surface area (Å²) < 4.78 is 0. The van der Waals surface area contributed by atoms with Gasteiger partial charge in [-0.15, -0.1) is 0 Å². The third-order valence-electron chi connectivity index (χ3n) is 1.19. The molecule has 0 bridgehead atoms. The van der Waals surface area contributed by atoms with Crippen molar-refractivity contribution in [1.29, 1.82) is 0 Å². The number of carbonyl (C=O) groups excluding carboxylic acids is 2. The Labute approximate surface area is 92.2 Å². The number of rotatable bonds is 3. The minimum Gasteiger partial charge on any atom is -0.548 e. The number of hydrogen-bond acceptors (Lipinski definition) is 2. The van der Waals surface area contributed by atoms with E-state index in [0.717, 1.165) is 0 Å². The van der Waals surface area contributed by atoms with Crippen LogP contribution >= 0.6 is 0 Å². The van der Waals surface area contributed by atoms with Gasteiger partial charge in [-0.05, 0) is 5.41 Å². The summed E-state index contributed by atoms with van der Waals surface area (Å²) in [6.45, 7) is 5.52. The number of nitrogens with one attached hydrogen (secondary N) is 1. The fourth-order valence-electron chi connectivity index (χ4n) is 0.482. The molecular formula is C7H11NO2Y-2. The van der Waals surface area contributed by atoms with E-state index in [9.17, 15) is 9.59 Å². The SMILES string of the molecule is CC(C)(C)C([C-]=O)N[C-]=O.[Y]. The molecule has 0 saturated carbocycles. The summed E-state index contributed by atoms with van der Waals surface area (Å²) in [5.74, 6) is 0. The molecule has 0 heterocycles. The van der Waals surface area contributed by atoms with Gasteiger partial charge in [-0.3, -0.25) is 0 Å². The molecule has 61 valence electrons. The summed E-state index contributed by atoms with van der Waals surface area (Å²) in [4.78, 5) is 20.0. The minimum absolute atomic E-state index is 0. The number of amides is 1. The van der Waals surface area contributed by atoms with E-state index in [1.165, 1.54) is 6.41 Å². The molecule has 1 N–H and O–H groups in total. The molecule has 0 rings (SSSR count). The van der Waals surface area contributed by atoms with Crippen LogP contribution in [0.5, 0.6) is 0 Å². The zero-order valence-corrected chi connectivity index (χ0v) is 9.81. The van der Waals surface area contributed by atoms with Crippen LogP contribution in [0, 0.1) is 5.41 Å². The van der Waals surface area contributed by atoms with Crippen molar-refractivity contribution in [3.63, 3.8) is 0 Å². The average Bonchev–Trinajstić information content (AvgIpc) is 1.80. The molecule has 0 aliphatic carbocycles. The fraction of sp³-hybridized carbons (Fsp3) is 0.714. The summed E-state index contributed by atoms with van der Waals surface area (Å²) >= 11 is 0. The maximum Gasteiger partial charge on any atom is 0 e. The molecule has 0 aliphatic rings. The van der Waals surface area contributed by atoms with Gasteiger partial charge < -0.3 is 14.9 Å². The van der Waals surface area contributed by atoms with Crippen LogP contribution in [-0.4, -0.2) is 18.7 Å². The minimum atomic E-state index is -0.565. The van der Waals surface area contributed by atoms with Gasteiger partial charge in [-0.1, -0.05) is 26.8 Å². The first-order valence-corrected chi connectivity index (χ1v) is 3.02. The molecule has 0 fully saturated rings. The van der Waals surface area contributed by atoms with Crippen LogP contribution < -0.4 is 5.32 Å². The van der Waals surface area contributed by atoms with Crippen molar-refractivity contribution >= 4 is 12.7 Å². The predicted molar refractivity (Wildman–Crippen MR) is 37.8 cm³/mol. The smallest absolute Gasteiger partial charge is 0 e. The summed E-state index contributed by atoms with van der Waals surface area (Å²) in [6.07, 6.45) is 3.18. The first-order valence-electron chi connectivity index (χ1n) is 3.02. The second kappa shape index (κ2) is 5.84. The quantitative estimate of drug-likeness (QED) is 0.554. The molecule has 1 unspecified atom stereocenters. The third-order valence-corrected chi connectivity index (χ3v) is 1.19. The zero-order valence-electron chi connectivity index (χ0n) is 6.97. The summed E-state index contributed by atoms with van der Waals surface area (Å²) in [7, 11) is 0. The van der Waals surface area contributed by atoms with E-state index in [4.69, 9.17) is 0 Å². The van der Waals surface area contributed by atoms with Gasteiger partial charge in [0.15, 0.2) is 0 Å². The summed E-state index contributed by atoms with van der Waals surface area (Å²) in [5, 5.41) is 2.24. The maximum atomic E-state index is 10.2. The Morgan fingerprint density at radius 2 is 1.73 bits per heavy atom. The second-order valence-corrected chi connectivity index (χ2v) is 3.16. The van der Waals surface area contributed by atoms with Crippen LogP contribution in [0.15, 0.2) is 0 Å². The fourth-order valence-corrected chi connectivity index (χ4v) is 0.482. The van der Waals surface area contributed by atoms with Gasteiger partial charge in [0.05, 0.1) is 0 Å². The molecular weight excluding hydrogens is 219 g/mol. The molecule has 1 radical (unpaired) electrons. The van der Waals surface area contributed by atoms with Crippen molar-refractivity contribution in [2.75, 3.05) is 0 Å². The molecule has 1 amide bonds. The van der Waals surface area contributed by atoms with Gasteiger partial charge in [0.25, 0.3) is 0 Å². The molecule has 0 saturated heterocycles. The van der Waals surface area contributed by atoms with E-state index in [2.05, 4.69) is 5.32 Å². The monoisotopic (exact) mass is 230 g/mol. The standard InChI is InChI=1S/C7H11NO2.Y/c1-7(2,3)6(4-9)8-5-10;/h6H,1-3H3,(H,8,10);/q-2;. The van der Waals surface area contributed by atoms with Crippen LogP contribution in [0.3, 0.4) is 0 Å². The average molecular weight is 230 g/mol. The van der Waals surface area contributed by atoms with Crippen LogP contribution in [-0.2, 0) is 42.3 Å². The topological polar surface area (TPSA) is 46.2 Å². The maximum absolute atomic E-state index is 10.2. The number of hydrogen-bond donors (Lipinski definition) is 1. The molecule has 11 heavy (non-hydrogen) atoms. The van der Waals surface area contributed by atoms with Crippen LogP contribution in [0.4, 0.5) is 0 Å². The largest absolute Gasteiger partial charge is 0.548 e. The Balaban J connectivity index is 0. The molecule has 4 heteroatoms. The van der Waals surface area contributed by atoms with Gasteiger partial charge in [0.1, 0.15) is 0 Å². The molecule has 0 aliphatic heterocycles. The third kappa shape index (κ3) is 5.51. The van der Waals surface area contributed by atoms with E-state index in [-0.39, 0.29) is 38.1 Å². The Hall–Kier alpha value is 0.244. The van der Waals surface area contributed by atoms with Crippen molar-refractivity contribution < 1.29 is 42.3 Å². The van der Waals surface area contributed by atoms with Gasteiger partial charge in [-0.2, -0.15) is 6.41 Å². The summed E-state index contributed by atoms with van der Waals surface area (Å²) in [6, 6.07) is -0.565. The van der Waals surface area contributed by atoms with Crippen LogP contribution in [0.1, 0.15) is 20.8 Å². The van der Waals surface area contributed by atoms with Gasteiger partial charge in [-0.25, -0.2) is 6.29 Å². The van der Waals surface area contributed by atoms with Crippen molar-refractivity contribution in [2.45, 2.75) is 26.8 Å². The van der Waals surface area contributed by atoms with Crippen LogP contribution in [0.25, 0.3) is 0 Å². The molecule has 0 aromatic rings. The van der Waals surface area contributed by atoms with Gasteiger partial charge >= 0.3 is 0 Å². The van der Waals surface area contributed by atoms with E-state index in [1.807, 2.05) is 20.8 Å². The van der Waals surface area contributed by atoms with E-state index in [0.29, 0.717) is 0 Å². The molecule has 0 aromatic carbocycles. The first kappa shape index (κ1) is 13.8. The molecule has 3 nitrogen and oxygen atoms in total. The van der Waals surface area contributed by atoms with Crippen molar-refractivity contribution in [3.8, 4) is 0 Å². The summed E-state index contributed by atoms with van der Waals surface area (Å²) in [5.41, 5.74) is -0.279. The van der Waals surface area contributed by atoms with E-state index in [1.54, 1.807) is 6.29 Å². The van der Waals surface area contributed by atoms with E-state index < -0.39 is 6.04 Å². The van der Waals surface area contributed by atoms with Crippen molar-refractivity contribution in [1.82, 2.24) is 5.32 Å². The molecule has 0 aromatic heterocycles. The van der Waals surface area contributed by atoms with E-state index >= 15 is 0 Å². The van der Waals surface area contributed by atoms with Crippen molar-refractivity contribution in [2.24, 2.45) is 5.41 Å². The Kier molecular flexibility index (Phi) is 7.33. The molecule has 0 spiro atoms. The Morgan fingerprint density at radius 3 is 1.82 bits per heavy atom.